The Morgan fingerprint density at radius 1 is 1.08 bits per heavy atom. The van der Waals surface area contributed by atoms with Crippen molar-refractivity contribution in [1.82, 2.24) is 0 Å². The Balaban J connectivity index is 2.03. The Kier molecular flexibility index (Phi) is 7.91. The molecule has 0 aromatic heterocycles. The Bertz CT molecular complexity index is 700. The quantitative estimate of drug-likeness (QED) is 0.293. The minimum Gasteiger partial charge on any atom is -0.0988 e. The normalized spacial score (nSPS) is 20.2. The molecule has 0 fully saturated rings. The van der Waals surface area contributed by atoms with E-state index in [1.165, 1.54) is 53.5 Å². The molecule has 0 saturated heterocycles. The highest BCUT2D eigenvalue weighted by Gasteiger charge is 2.21. The molecule has 2 aliphatic rings. The minimum absolute atomic E-state index is 0.418. The van der Waals surface area contributed by atoms with Crippen molar-refractivity contribution in [3.63, 3.8) is 0 Å². The van der Waals surface area contributed by atoms with Gasteiger partial charge in [-0.2, -0.15) is 0 Å². The summed E-state index contributed by atoms with van der Waals surface area (Å²) in [5.41, 5.74) is 7.86. The summed E-state index contributed by atoms with van der Waals surface area (Å²) in [6, 6.07) is 0. The minimum atomic E-state index is 0.418. The van der Waals surface area contributed by atoms with E-state index in [4.69, 9.17) is 0 Å². The van der Waals surface area contributed by atoms with Crippen molar-refractivity contribution < 1.29 is 0 Å². The molecule has 0 radical (unpaired) electrons. The fourth-order valence-electron chi connectivity index (χ4n) is 3.59. The molecule has 1 atom stereocenters. The molecular weight excluding hydrogens is 312 g/mol. The topological polar surface area (TPSA) is 0 Å². The van der Waals surface area contributed by atoms with Gasteiger partial charge in [0.25, 0.3) is 0 Å². The van der Waals surface area contributed by atoms with Crippen molar-refractivity contribution in [1.29, 1.82) is 0 Å². The summed E-state index contributed by atoms with van der Waals surface area (Å²) in [6.07, 6.45) is 23.5. The molecule has 0 heteroatoms. The van der Waals surface area contributed by atoms with Crippen LogP contribution in [0.5, 0.6) is 0 Å². The molecule has 26 heavy (non-hydrogen) atoms. The predicted molar refractivity (Wildman–Crippen MR) is 117 cm³/mol. The number of hydrogen-bond donors (Lipinski definition) is 0. The first-order valence-corrected chi connectivity index (χ1v) is 9.99. The SMILES string of the molecule is C=CC1=CC=C(/C=C/C(=C)C(=C)C2CC(C)=CC=C2CCCCC)CC1. The van der Waals surface area contributed by atoms with Crippen molar-refractivity contribution >= 4 is 0 Å². The summed E-state index contributed by atoms with van der Waals surface area (Å²) in [5.74, 6) is 0.418. The molecule has 0 saturated carbocycles. The van der Waals surface area contributed by atoms with Crippen molar-refractivity contribution in [2.75, 3.05) is 0 Å². The third-order valence-electron chi connectivity index (χ3n) is 5.43. The van der Waals surface area contributed by atoms with E-state index in [2.05, 4.69) is 70.0 Å². The molecule has 1 unspecified atom stereocenters. The largest absolute Gasteiger partial charge is 0.0988 e. The van der Waals surface area contributed by atoms with Gasteiger partial charge in [-0.15, -0.1) is 0 Å². The molecule has 0 nitrogen and oxygen atoms in total. The maximum absolute atomic E-state index is 4.42. The third-order valence-corrected chi connectivity index (χ3v) is 5.43. The lowest BCUT2D eigenvalue weighted by molar-refractivity contribution is 0.623. The van der Waals surface area contributed by atoms with E-state index in [9.17, 15) is 0 Å². The van der Waals surface area contributed by atoms with Gasteiger partial charge in [0.05, 0.1) is 0 Å². The number of allylic oxidation sites excluding steroid dienone is 13. The average molecular weight is 347 g/mol. The zero-order valence-electron chi connectivity index (χ0n) is 16.7. The zero-order chi connectivity index (χ0) is 18.9. The van der Waals surface area contributed by atoms with Crippen molar-refractivity contribution in [2.24, 2.45) is 5.92 Å². The Labute approximate surface area is 160 Å². The highest BCUT2D eigenvalue weighted by molar-refractivity contribution is 5.46. The van der Waals surface area contributed by atoms with E-state index in [1.807, 2.05) is 6.08 Å². The number of unbranched alkanes of at least 4 members (excludes halogenated alkanes) is 2. The van der Waals surface area contributed by atoms with Gasteiger partial charge in [0.2, 0.25) is 0 Å². The van der Waals surface area contributed by atoms with Crippen LogP contribution in [0.3, 0.4) is 0 Å². The van der Waals surface area contributed by atoms with Crippen LogP contribution in [-0.4, -0.2) is 0 Å². The van der Waals surface area contributed by atoms with Crippen LogP contribution in [0.2, 0.25) is 0 Å². The predicted octanol–water partition coefficient (Wildman–Crippen LogP) is 7.96. The second-order valence-corrected chi connectivity index (χ2v) is 7.54. The Morgan fingerprint density at radius 3 is 2.46 bits per heavy atom. The van der Waals surface area contributed by atoms with Gasteiger partial charge in [-0.05, 0) is 61.3 Å². The van der Waals surface area contributed by atoms with Crippen LogP contribution in [0.4, 0.5) is 0 Å². The van der Waals surface area contributed by atoms with Gasteiger partial charge in [0.15, 0.2) is 0 Å². The zero-order valence-corrected chi connectivity index (χ0v) is 16.7. The Morgan fingerprint density at radius 2 is 1.81 bits per heavy atom. The summed E-state index contributed by atoms with van der Waals surface area (Å²) < 4.78 is 0. The van der Waals surface area contributed by atoms with Crippen molar-refractivity contribution in [3.8, 4) is 0 Å². The summed E-state index contributed by atoms with van der Waals surface area (Å²) >= 11 is 0. The van der Waals surface area contributed by atoms with Crippen LogP contribution in [0, 0.1) is 5.92 Å². The first-order chi connectivity index (χ1) is 12.5. The maximum Gasteiger partial charge on any atom is 0.00882 e. The first kappa shape index (κ1) is 20.2. The van der Waals surface area contributed by atoms with Gasteiger partial charge >= 0.3 is 0 Å². The van der Waals surface area contributed by atoms with Crippen LogP contribution in [0.1, 0.15) is 58.8 Å². The third kappa shape index (κ3) is 5.73. The van der Waals surface area contributed by atoms with E-state index in [-0.39, 0.29) is 0 Å². The molecule has 0 aromatic rings. The van der Waals surface area contributed by atoms with Gasteiger partial charge in [-0.1, -0.05) is 93.2 Å². The summed E-state index contributed by atoms with van der Waals surface area (Å²) in [4.78, 5) is 0. The van der Waals surface area contributed by atoms with Crippen molar-refractivity contribution in [3.05, 3.63) is 95.7 Å². The molecule has 0 spiro atoms. The molecule has 2 rings (SSSR count). The molecule has 138 valence electrons. The Hall–Kier alpha value is -2.08. The van der Waals surface area contributed by atoms with Crippen LogP contribution < -0.4 is 0 Å². The van der Waals surface area contributed by atoms with E-state index < -0.39 is 0 Å². The van der Waals surface area contributed by atoms with E-state index in [0.29, 0.717) is 5.92 Å². The first-order valence-electron chi connectivity index (χ1n) is 9.99. The monoisotopic (exact) mass is 346 g/mol. The molecule has 0 aromatic carbocycles. The molecule has 0 heterocycles. The van der Waals surface area contributed by atoms with Gasteiger partial charge < -0.3 is 0 Å². The molecule has 0 aliphatic heterocycles. The summed E-state index contributed by atoms with van der Waals surface area (Å²) in [7, 11) is 0. The number of rotatable bonds is 9. The molecule has 0 bridgehead atoms. The lowest BCUT2D eigenvalue weighted by atomic mass is 9.78. The van der Waals surface area contributed by atoms with Gasteiger partial charge in [0.1, 0.15) is 0 Å². The second-order valence-electron chi connectivity index (χ2n) is 7.54. The van der Waals surface area contributed by atoms with Gasteiger partial charge in [-0.3, -0.25) is 0 Å². The lowest BCUT2D eigenvalue weighted by Gasteiger charge is -2.26. The van der Waals surface area contributed by atoms with Crippen LogP contribution in [0.15, 0.2) is 95.7 Å². The highest BCUT2D eigenvalue weighted by atomic mass is 14.3. The smallest absolute Gasteiger partial charge is 0.00882 e. The van der Waals surface area contributed by atoms with Gasteiger partial charge in [0, 0.05) is 5.92 Å². The van der Waals surface area contributed by atoms with E-state index >= 15 is 0 Å². The summed E-state index contributed by atoms with van der Waals surface area (Å²) in [5, 5.41) is 0. The van der Waals surface area contributed by atoms with Crippen LogP contribution in [-0.2, 0) is 0 Å². The average Bonchev–Trinajstić information content (AvgIpc) is 2.67. The lowest BCUT2D eigenvalue weighted by Crippen LogP contribution is -2.12. The summed E-state index contributed by atoms with van der Waals surface area (Å²) in [6.45, 7) is 17.0. The van der Waals surface area contributed by atoms with E-state index in [1.54, 1.807) is 0 Å². The number of hydrogen-bond acceptors (Lipinski definition) is 0. The fraction of sp³-hybridized carbons (Fsp3) is 0.385. The standard InChI is InChI=1S/C26H34/c1-6-8-9-10-25-18-11-20(3)19-26(25)22(5)21(4)12-13-24-16-14-23(7-2)15-17-24/h7,11-14,16,18,26H,2,4-6,8-10,15,17,19H2,1,3H3/b13-12+. The maximum atomic E-state index is 4.42. The van der Waals surface area contributed by atoms with Crippen LogP contribution >= 0.6 is 0 Å². The molecule has 0 amide bonds. The molecular formula is C26H34. The fourth-order valence-corrected chi connectivity index (χ4v) is 3.59. The molecule has 2 aliphatic carbocycles. The second kappa shape index (κ2) is 10.2. The highest BCUT2D eigenvalue weighted by Crippen LogP contribution is 2.36. The van der Waals surface area contributed by atoms with Gasteiger partial charge in [-0.25, -0.2) is 0 Å². The van der Waals surface area contributed by atoms with Crippen molar-refractivity contribution in [2.45, 2.75) is 58.8 Å². The molecule has 0 N–H and O–H groups in total. The van der Waals surface area contributed by atoms with Crippen LogP contribution in [0.25, 0.3) is 0 Å². The van der Waals surface area contributed by atoms with E-state index in [0.717, 1.165) is 24.8 Å².